The van der Waals surface area contributed by atoms with E-state index in [0.717, 1.165) is 24.9 Å². The Kier molecular flexibility index (Phi) is 6.09. The van der Waals surface area contributed by atoms with E-state index in [4.69, 9.17) is 5.11 Å². The number of nitrogens with zero attached hydrogens (tertiary/aromatic N) is 1. The molecule has 0 aliphatic heterocycles. The molecule has 1 aromatic heterocycles. The molecule has 3 nitrogen and oxygen atoms in total. The van der Waals surface area contributed by atoms with Crippen molar-refractivity contribution in [2.45, 2.75) is 39.3 Å². The predicted molar refractivity (Wildman–Crippen MR) is 76.8 cm³/mol. The molecule has 0 saturated heterocycles. The van der Waals surface area contributed by atoms with E-state index in [1.807, 2.05) is 5.38 Å². The summed E-state index contributed by atoms with van der Waals surface area (Å²) in [5, 5.41) is 10.6. The summed E-state index contributed by atoms with van der Waals surface area (Å²) in [6, 6.07) is 2.67. The molecule has 0 aliphatic rings. The van der Waals surface area contributed by atoms with Crippen LogP contribution in [0.3, 0.4) is 0 Å². The summed E-state index contributed by atoms with van der Waals surface area (Å²) in [7, 11) is 2.14. The Labute approximate surface area is 113 Å². The molecule has 0 radical (unpaired) electrons. The van der Waals surface area contributed by atoms with Crippen LogP contribution in [0.15, 0.2) is 17.5 Å². The minimum absolute atomic E-state index is 0.616. The lowest BCUT2D eigenvalue weighted by Gasteiger charge is -2.25. The second-order valence-corrected chi connectivity index (χ2v) is 5.40. The number of rotatable bonds is 7. The third kappa shape index (κ3) is 4.63. The van der Waals surface area contributed by atoms with E-state index in [-0.39, 0.29) is 0 Å². The Morgan fingerprint density at radius 1 is 1.50 bits per heavy atom. The highest BCUT2D eigenvalue weighted by Crippen LogP contribution is 2.19. The maximum Gasteiger partial charge on any atom is 0.328 e. The number of carbonyl (C=O) groups is 1. The van der Waals surface area contributed by atoms with Crippen LogP contribution >= 0.6 is 11.3 Å². The molecule has 0 aromatic carbocycles. The van der Waals surface area contributed by atoms with E-state index in [9.17, 15) is 4.79 Å². The molecule has 0 amide bonds. The van der Waals surface area contributed by atoms with Gasteiger partial charge in [0, 0.05) is 23.5 Å². The van der Waals surface area contributed by atoms with Crippen LogP contribution < -0.4 is 0 Å². The van der Waals surface area contributed by atoms with Gasteiger partial charge in [-0.15, -0.1) is 11.3 Å². The van der Waals surface area contributed by atoms with Gasteiger partial charge in [-0.05, 0) is 43.0 Å². The molecule has 18 heavy (non-hydrogen) atoms. The molecule has 100 valence electrons. The maximum absolute atomic E-state index is 10.4. The second-order valence-electron chi connectivity index (χ2n) is 4.40. The van der Waals surface area contributed by atoms with E-state index in [1.165, 1.54) is 11.0 Å². The number of hydrogen-bond donors (Lipinski definition) is 1. The summed E-state index contributed by atoms with van der Waals surface area (Å²) < 4.78 is 0. The normalized spacial score (nSPS) is 11.8. The summed E-state index contributed by atoms with van der Waals surface area (Å²) in [6.45, 7) is 5.35. The van der Waals surface area contributed by atoms with Gasteiger partial charge < -0.3 is 5.11 Å². The summed E-state index contributed by atoms with van der Waals surface area (Å²) in [6.07, 6.45) is 5.13. The molecular weight excluding hydrogens is 246 g/mol. The van der Waals surface area contributed by atoms with Crippen molar-refractivity contribution >= 4 is 23.4 Å². The fraction of sp³-hybridized carbons (Fsp3) is 0.500. The second kappa shape index (κ2) is 7.34. The van der Waals surface area contributed by atoms with E-state index in [1.54, 1.807) is 17.4 Å². The highest BCUT2D eigenvalue weighted by molar-refractivity contribution is 7.10. The van der Waals surface area contributed by atoms with Gasteiger partial charge in [0.05, 0.1) is 0 Å². The smallest absolute Gasteiger partial charge is 0.328 e. The van der Waals surface area contributed by atoms with Gasteiger partial charge in [0.15, 0.2) is 0 Å². The number of thiophene rings is 1. The van der Waals surface area contributed by atoms with Crippen molar-refractivity contribution in [1.29, 1.82) is 0 Å². The van der Waals surface area contributed by atoms with Crippen molar-refractivity contribution in [2.75, 3.05) is 7.05 Å². The molecule has 0 aliphatic carbocycles. The van der Waals surface area contributed by atoms with E-state index in [2.05, 4.69) is 31.9 Å². The lowest BCUT2D eigenvalue weighted by Crippen LogP contribution is -2.29. The monoisotopic (exact) mass is 267 g/mol. The minimum atomic E-state index is -0.906. The summed E-state index contributed by atoms with van der Waals surface area (Å²) in [4.78, 5) is 14.1. The van der Waals surface area contributed by atoms with Crippen molar-refractivity contribution in [3.05, 3.63) is 28.0 Å². The van der Waals surface area contributed by atoms with Gasteiger partial charge in [-0.2, -0.15) is 0 Å². The van der Waals surface area contributed by atoms with E-state index in [0.29, 0.717) is 6.04 Å². The van der Waals surface area contributed by atoms with Crippen LogP contribution in [0.2, 0.25) is 0 Å². The highest BCUT2D eigenvalue weighted by Gasteiger charge is 2.11. The van der Waals surface area contributed by atoms with Crippen LogP contribution in [0.5, 0.6) is 0 Å². The lowest BCUT2D eigenvalue weighted by atomic mass is 10.1. The Bertz CT molecular complexity index is 408. The molecule has 1 N–H and O–H groups in total. The lowest BCUT2D eigenvalue weighted by molar-refractivity contribution is -0.131. The topological polar surface area (TPSA) is 40.5 Å². The first-order valence-corrected chi connectivity index (χ1v) is 7.13. The standard InChI is InChI=1S/C14H21NO2S/c1-4-12(5-2)15(3)9-13-8-11(10-18-13)6-7-14(16)17/h6-8,10,12H,4-5,9H2,1-3H3,(H,16,17). The van der Waals surface area contributed by atoms with Crippen molar-refractivity contribution in [1.82, 2.24) is 4.90 Å². The number of aliphatic carboxylic acids is 1. The van der Waals surface area contributed by atoms with Gasteiger partial charge in [0.25, 0.3) is 0 Å². The Balaban J connectivity index is 2.61. The average Bonchev–Trinajstić information content (AvgIpc) is 2.75. The van der Waals surface area contributed by atoms with Crippen LogP contribution in [-0.2, 0) is 11.3 Å². The SMILES string of the molecule is CCC(CC)N(C)Cc1cc(C=CC(=O)O)cs1. The molecule has 0 unspecified atom stereocenters. The molecule has 1 heterocycles. The zero-order chi connectivity index (χ0) is 13.5. The third-order valence-corrected chi connectivity index (χ3v) is 4.00. The quantitative estimate of drug-likeness (QED) is 0.769. The number of hydrogen-bond acceptors (Lipinski definition) is 3. The van der Waals surface area contributed by atoms with Crippen molar-refractivity contribution in [3.63, 3.8) is 0 Å². The Morgan fingerprint density at radius 3 is 2.72 bits per heavy atom. The van der Waals surface area contributed by atoms with Crippen molar-refractivity contribution in [3.8, 4) is 0 Å². The van der Waals surface area contributed by atoms with E-state index < -0.39 is 5.97 Å². The van der Waals surface area contributed by atoms with Gasteiger partial charge in [-0.25, -0.2) is 4.79 Å². The molecule has 0 atom stereocenters. The van der Waals surface area contributed by atoms with Crippen LogP contribution in [0.1, 0.15) is 37.1 Å². The third-order valence-electron chi connectivity index (χ3n) is 3.06. The first-order valence-electron chi connectivity index (χ1n) is 6.25. The van der Waals surface area contributed by atoms with Gasteiger partial charge in [-0.1, -0.05) is 13.8 Å². The van der Waals surface area contributed by atoms with E-state index >= 15 is 0 Å². The maximum atomic E-state index is 10.4. The molecule has 1 rings (SSSR count). The number of carboxylic acids is 1. The van der Waals surface area contributed by atoms with Crippen molar-refractivity contribution in [2.24, 2.45) is 0 Å². The zero-order valence-electron chi connectivity index (χ0n) is 11.2. The zero-order valence-corrected chi connectivity index (χ0v) is 12.0. The summed E-state index contributed by atoms with van der Waals surface area (Å²) in [5.74, 6) is -0.906. The van der Waals surface area contributed by atoms with Gasteiger partial charge in [0.1, 0.15) is 0 Å². The average molecular weight is 267 g/mol. The molecule has 0 spiro atoms. The van der Waals surface area contributed by atoms with Crippen LogP contribution in [-0.4, -0.2) is 29.1 Å². The largest absolute Gasteiger partial charge is 0.478 e. The molecule has 0 saturated carbocycles. The minimum Gasteiger partial charge on any atom is -0.478 e. The fourth-order valence-electron chi connectivity index (χ4n) is 2.02. The molecule has 1 aromatic rings. The number of carboxylic acid groups (broad SMARTS) is 1. The van der Waals surface area contributed by atoms with Crippen LogP contribution in [0.4, 0.5) is 0 Å². The Hall–Kier alpha value is -1.13. The first-order chi connectivity index (χ1) is 8.56. The van der Waals surface area contributed by atoms with Crippen LogP contribution in [0.25, 0.3) is 6.08 Å². The highest BCUT2D eigenvalue weighted by atomic mass is 32.1. The summed E-state index contributed by atoms with van der Waals surface area (Å²) >= 11 is 1.68. The van der Waals surface area contributed by atoms with Gasteiger partial charge in [0.2, 0.25) is 0 Å². The first kappa shape index (κ1) is 14.9. The predicted octanol–water partition coefficient (Wildman–Crippen LogP) is 3.47. The Morgan fingerprint density at radius 2 is 2.17 bits per heavy atom. The molecule has 4 heteroatoms. The van der Waals surface area contributed by atoms with Crippen LogP contribution in [0, 0.1) is 0 Å². The fourth-order valence-corrected chi connectivity index (χ4v) is 2.94. The summed E-state index contributed by atoms with van der Waals surface area (Å²) in [5.41, 5.74) is 0.968. The van der Waals surface area contributed by atoms with Crippen molar-refractivity contribution < 1.29 is 9.90 Å². The van der Waals surface area contributed by atoms with Gasteiger partial charge in [-0.3, -0.25) is 4.90 Å². The molecular formula is C14H21NO2S. The molecule has 0 fully saturated rings. The molecule has 0 bridgehead atoms. The van der Waals surface area contributed by atoms with Gasteiger partial charge >= 0.3 is 5.97 Å².